The minimum atomic E-state index is -0.410. The largest absolute Gasteiger partial charge is 0.444 e. The standard InChI is InChI=1S/C17H32N2O2/c1-13-8-7-10-15(13)18-12-14-9-5-6-11-19(14)16(20)21-17(2,3)4/h13-15,18H,5-12H2,1-4H3. The van der Waals surface area contributed by atoms with Crippen molar-refractivity contribution in [2.24, 2.45) is 5.92 Å². The van der Waals surface area contributed by atoms with Gasteiger partial charge in [-0.2, -0.15) is 0 Å². The molecule has 1 saturated carbocycles. The van der Waals surface area contributed by atoms with Crippen LogP contribution in [0.5, 0.6) is 0 Å². The van der Waals surface area contributed by atoms with Gasteiger partial charge in [0.2, 0.25) is 0 Å². The molecule has 1 saturated heterocycles. The highest BCUT2D eigenvalue weighted by Gasteiger charge is 2.31. The molecule has 0 aromatic carbocycles. The summed E-state index contributed by atoms with van der Waals surface area (Å²) < 4.78 is 5.56. The zero-order valence-corrected chi connectivity index (χ0v) is 14.2. The summed E-state index contributed by atoms with van der Waals surface area (Å²) in [5.41, 5.74) is -0.410. The number of carbonyl (C=O) groups is 1. The van der Waals surface area contributed by atoms with Crippen molar-refractivity contribution in [3.8, 4) is 0 Å². The molecule has 3 atom stereocenters. The van der Waals surface area contributed by atoms with Gasteiger partial charge in [-0.1, -0.05) is 13.3 Å². The molecule has 1 heterocycles. The molecule has 122 valence electrons. The summed E-state index contributed by atoms with van der Waals surface area (Å²) in [5, 5.41) is 3.70. The molecule has 0 spiro atoms. The molecule has 1 N–H and O–H groups in total. The van der Waals surface area contributed by atoms with E-state index in [1.165, 1.54) is 25.7 Å². The highest BCUT2D eigenvalue weighted by Crippen LogP contribution is 2.26. The van der Waals surface area contributed by atoms with Crippen molar-refractivity contribution >= 4 is 6.09 Å². The number of nitrogens with one attached hydrogen (secondary N) is 1. The van der Waals surface area contributed by atoms with Gasteiger partial charge in [0.05, 0.1) is 0 Å². The van der Waals surface area contributed by atoms with Gasteiger partial charge in [0.25, 0.3) is 0 Å². The number of nitrogens with zero attached hydrogens (tertiary/aromatic N) is 1. The summed E-state index contributed by atoms with van der Waals surface area (Å²) in [6, 6.07) is 0.925. The van der Waals surface area contributed by atoms with Crippen LogP contribution in [0.2, 0.25) is 0 Å². The number of rotatable bonds is 3. The number of ether oxygens (including phenoxy) is 1. The van der Waals surface area contributed by atoms with Crippen LogP contribution in [-0.2, 0) is 4.74 Å². The van der Waals surface area contributed by atoms with E-state index in [2.05, 4.69) is 12.2 Å². The van der Waals surface area contributed by atoms with Crippen molar-refractivity contribution in [3.63, 3.8) is 0 Å². The molecule has 4 heteroatoms. The normalized spacial score (nSPS) is 30.5. The number of likely N-dealkylation sites (tertiary alicyclic amines) is 1. The van der Waals surface area contributed by atoms with E-state index in [1.54, 1.807) is 0 Å². The molecule has 3 unspecified atom stereocenters. The Balaban J connectivity index is 1.87. The average Bonchev–Trinajstić information content (AvgIpc) is 2.80. The van der Waals surface area contributed by atoms with Gasteiger partial charge in [0.15, 0.2) is 0 Å². The lowest BCUT2D eigenvalue weighted by molar-refractivity contribution is 0.00956. The van der Waals surface area contributed by atoms with Gasteiger partial charge >= 0.3 is 6.09 Å². The lowest BCUT2D eigenvalue weighted by atomic mass is 10.0. The van der Waals surface area contributed by atoms with Gasteiger partial charge in [0.1, 0.15) is 5.60 Å². The highest BCUT2D eigenvalue weighted by molar-refractivity contribution is 5.68. The van der Waals surface area contributed by atoms with E-state index in [4.69, 9.17) is 4.74 Å². The van der Waals surface area contributed by atoms with E-state index in [1.807, 2.05) is 25.7 Å². The third-order valence-corrected chi connectivity index (χ3v) is 4.73. The fraction of sp³-hybridized carbons (Fsp3) is 0.941. The van der Waals surface area contributed by atoms with E-state index in [0.29, 0.717) is 12.1 Å². The van der Waals surface area contributed by atoms with E-state index >= 15 is 0 Å². The van der Waals surface area contributed by atoms with Crippen molar-refractivity contribution in [2.75, 3.05) is 13.1 Å². The molecular weight excluding hydrogens is 264 g/mol. The van der Waals surface area contributed by atoms with Crippen LogP contribution in [0.15, 0.2) is 0 Å². The zero-order chi connectivity index (χ0) is 15.5. The molecule has 1 amide bonds. The Kier molecular flexibility index (Phi) is 5.53. The fourth-order valence-electron chi connectivity index (χ4n) is 3.51. The van der Waals surface area contributed by atoms with Gasteiger partial charge in [-0.25, -0.2) is 4.79 Å². The summed E-state index contributed by atoms with van der Waals surface area (Å²) in [6.45, 7) is 9.87. The molecule has 0 aromatic rings. The number of carbonyl (C=O) groups excluding carboxylic acids is 1. The van der Waals surface area contributed by atoms with E-state index < -0.39 is 5.60 Å². The highest BCUT2D eigenvalue weighted by atomic mass is 16.6. The van der Waals surface area contributed by atoms with Gasteiger partial charge < -0.3 is 15.0 Å². The summed E-state index contributed by atoms with van der Waals surface area (Å²) in [5.74, 6) is 0.767. The van der Waals surface area contributed by atoms with Crippen LogP contribution >= 0.6 is 0 Å². The maximum Gasteiger partial charge on any atom is 0.410 e. The van der Waals surface area contributed by atoms with E-state index in [0.717, 1.165) is 31.8 Å². The Morgan fingerprint density at radius 1 is 1.19 bits per heavy atom. The van der Waals surface area contributed by atoms with Crippen molar-refractivity contribution in [3.05, 3.63) is 0 Å². The van der Waals surface area contributed by atoms with Crippen molar-refractivity contribution in [1.82, 2.24) is 10.2 Å². The monoisotopic (exact) mass is 296 g/mol. The van der Waals surface area contributed by atoms with Crippen LogP contribution in [0.4, 0.5) is 4.79 Å². The minimum Gasteiger partial charge on any atom is -0.444 e. The van der Waals surface area contributed by atoms with Gasteiger partial charge in [0, 0.05) is 25.2 Å². The van der Waals surface area contributed by atoms with Crippen LogP contribution in [0.3, 0.4) is 0 Å². The summed E-state index contributed by atoms with van der Waals surface area (Å²) >= 11 is 0. The molecule has 2 aliphatic rings. The SMILES string of the molecule is CC1CCCC1NCC1CCCCN1C(=O)OC(C)(C)C. The lowest BCUT2D eigenvalue weighted by Crippen LogP contribution is -2.51. The number of piperidine rings is 1. The lowest BCUT2D eigenvalue weighted by Gasteiger charge is -2.37. The van der Waals surface area contributed by atoms with E-state index in [-0.39, 0.29) is 6.09 Å². The molecule has 2 rings (SSSR count). The fourth-order valence-corrected chi connectivity index (χ4v) is 3.51. The smallest absolute Gasteiger partial charge is 0.410 e. The summed E-state index contributed by atoms with van der Waals surface area (Å²) in [6.07, 6.45) is 7.19. The summed E-state index contributed by atoms with van der Waals surface area (Å²) in [7, 11) is 0. The predicted octanol–water partition coefficient (Wildman–Crippen LogP) is 3.55. The van der Waals surface area contributed by atoms with Crippen molar-refractivity contribution < 1.29 is 9.53 Å². The second-order valence-electron chi connectivity index (χ2n) is 7.75. The van der Waals surface area contributed by atoms with Crippen molar-refractivity contribution in [1.29, 1.82) is 0 Å². The van der Waals surface area contributed by atoms with Crippen molar-refractivity contribution in [2.45, 2.75) is 83.9 Å². The van der Waals surface area contributed by atoms with Crippen LogP contribution in [0, 0.1) is 5.92 Å². The van der Waals surface area contributed by atoms with Gasteiger partial charge in [-0.05, 0) is 58.8 Å². The number of hydrogen-bond acceptors (Lipinski definition) is 3. The van der Waals surface area contributed by atoms with Crippen LogP contribution < -0.4 is 5.32 Å². The Labute approximate surface area is 129 Å². The molecule has 2 fully saturated rings. The molecule has 4 nitrogen and oxygen atoms in total. The zero-order valence-electron chi connectivity index (χ0n) is 14.2. The van der Waals surface area contributed by atoms with E-state index in [9.17, 15) is 4.79 Å². The first kappa shape index (κ1) is 16.6. The van der Waals surface area contributed by atoms with Crippen LogP contribution in [-0.4, -0.2) is 41.8 Å². The quantitative estimate of drug-likeness (QED) is 0.866. The molecule has 1 aliphatic heterocycles. The molecule has 0 bridgehead atoms. The third kappa shape index (κ3) is 4.87. The third-order valence-electron chi connectivity index (χ3n) is 4.73. The topological polar surface area (TPSA) is 41.6 Å². The van der Waals surface area contributed by atoms with Gasteiger partial charge in [-0.15, -0.1) is 0 Å². The Bertz CT molecular complexity index is 351. The predicted molar refractivity (Wildman–Crippen MR) is 85.4 cm³/mol. The first-order chi connectivity index (χ1) is 9.87. The molecule has 21 heavy (non-hydrogen) atoms. The molecule has 0 aromatic heterocycles. The maximum absolute atomic E-state index is 12.4. The second kappa shape index (κ2) is 6.99. The summed E-state index contributed by atoms with van der Waals surface area (Å²) in [4.78, 5) is 14.3. The Hall–Kier alpha value is -0.770. The van der Waals surface area contributed by atoms with Gasteiger partial charge in [-0.3, -0.25) is 0 Å². The minimum absolute atomic E-state index is 0.145. The first-order valence-corrected chi connectivity index (χ1v) is 8.60. The average molecular weight is 296 g/mol. The number of hydrogen-bond donors (Lipinski definition) is 1. The maximum atomic E-state index is 12.4. The van der Waals surface area contributed by atoms with Crippen LogP contribution in [0.1, 0.15) is 66.2 Å². The Morgan fingerprint density at radius 2 is 1.95 bits per heavy atom. The second-order valence-corrected chi connectivity index (χ2v) is 7.75. The molecular formula is C17H32N2O2. The molecule has 1 aliphatic carbocycles. The molecule has 0 radical (unpaired) electrons. The number of amides is 1. The van der Waals surface area contributed by atoms with Crippen LogP contribution in [0.25, 0.3) is 0 Å². The Morgan fingerprint density at radius 3 is 2.57 bits per heavy atom. The first-order valence-electron chi connectivity index (χ1n) is 8.60.